The van der Waals surface area contributed by atoms with Crippen LogP contribution in [0.2, 0.25) is 0 Å². The Labute approximate surface area is 152 Å². The van der Waals surface area contributed by atoms with Crippen LogP contribution in [0.25, 0.3) is 11.3 Å². The maximum Gasteiger partial charge on any atom is 0.280 e. The van der Waals surface area contributed by atoms with E-state index in [1.54, 1.807) is 4.90 Å². The molecule has 132 valence electrons. The number of hydrogen-bond donors (Lipinski definition) is 0. The van der Waals surface area contributed by atoms with Gasteiger partial charge >= 0.3 is 0 Å². The highest BCUT2D eigenvalue weighted by Crippen LogP contribution is 2.39. The van der Waals surface area contributed by atoms with E-state index in [9.17, 15) is 4.79 Å². The lowest BCUT2D eigenvalue weighted by molar-refractivity contribution is 0.0977. The Hall–Kier alpha value is -3.08. The van der Waals surface area contributed by atoms with E-state index in [1.165, 1.54) is 0 Å². The van der Waals surface area contributed by atoms with Crippen LogP contribution >= 0.6 is 0 Å². The lowest BCUT2D eigenvalue weighted by atomic mass is 10.0. The molecular weight excluding hydrogens is 328 g/mol. The monoisotopic (exact) mass is 348 g/mol. The number of benzene rings is 2. The highest BCUT2D eigenvalue weighted by molar-refractivity contribution is 6.07. The Morgan fingerprint density at radius 2 is 2.00 bits per heavy atom. The van der Waals surface area contributed by atoms with Crippen molar-refractivity contribution in [1.29, 1.82) is 0 Å². The van der Waals surface area contributed by atoms with Crippen LogP contribution in [0.15, 0.2) is 47.0 Å². The van der Waals surface area contributed by atoms with Gasteiger partial charge in [0.15, 0.2) is 11.5 Å². The third-order valence-electron chi connectivity index (χ3n) is 4.71. The van der Waals surface area contributed by atoms with E-state index in [0.29, 0.717) is 23.6 Å². The predicted octanol–water partition coefficient (Wildman–Crippen LogP) is 4.52. The van der Waals surface area contributed by atoms with Crippen LogP contribution in [0.4, 0.5) is 5.69 Å². The van der Waals surface area contributed by atoms with E-state index in [2.05, 4.69) is 5.16 Å². The van der Waals surface area contributed by atoms with Crippen molar-refractivity contribution in [3.63, 3.8) is 0 Å². The number of nitrogens with zero attached hydrogens (tertiary/aromatic N) is 2. The Bertz CT molecular complexity index is 991. The van der Waals surface area contributed by atoms with Crippen molar-refractivity contribution in [3.05, 3.63) is 64.8 Å². The zero-order valence-electron chi connectivity index (χ0n) is 15.1. The molecule has 0 saturated carbocycles. The number of hydrogen-bond acceptors (Lipinski definition) is 4. The summed E-state index contributed by atoms with van der Waals surface area (Å²) in [7, 11) is 0. The number of aryl methyl sites for hydroxylation is 2. The fourth-order valence-electron chi connectivity index (χ4n) is 3.31. The Morgan fingerprint density at radius 1 is 1.19 bits per heavy atom. The molecule has 0 atom stereocenters. The molecule has 1 aliphatic rings. The molecule has 0 fully saturated rings. The van der Waals surface area contributed by atoms with E-state index in [4.69, 9.17) is 9.26 Å². The molecule has 26 heavy (non-hydrogen) atoms. The lowest BCUT2D eigenvalue weighted by Gasteiger charge is -2.23. The molecule has 5 nitrogen and oxygen atoms in total. The molecule has 3 aromatic rings. The van der Waals surface area contributed by atoms with Crippen LogP contribution in [0, 0.1) is 13.8 Å². The number of amides is 1. The molecule has 0 aliphatic carbocycles. The minimum Gasteiger partial charge on any atom is -0.488 e. The van der Waals surface area contributed by atoms with Crippen LogP contribution in [-0.4, -0.2) is 17.6 Å². The summed E-state index contributed by atoms with van der Waals surface area (Å²) in [5.41, 5.74) is 4.90. The van der Waals surface area contributed by atoms with Gasteiger partial charge < -0.3 is 14.2 Å². The van der Waals surface area contributed by atoms with Crippen LogP contribution in [0.5, 0.6) is 5.75 Å². The second kappa shape index (κ2) is 6.33. The first-order valence-corrected chi connectivity index (χ1v) is 8.70. The summed E-state index contributed by atoms with van der Waals surface area (Å²) in [5.74, 6) is 1.19. The summed E-state index contributed by atoms with van der Waals surface area (Å²) in [5, 5.41) is 4.10. The molecule has 0 bridgehead atoms. The Kier molecular flexibility index (Phi) is 3.99. The van der Waals surface area contributed by atoms with Crippen molar-refractivity contribution in [1.82, 2.24) is 5.16 Å². The SMILES string of the molecule is CCN(C(=O)c1noc2c1COc1ccccc1-2)c1cc(C)ccc1C. The topological polar surface area (TPSA) is 55.6 Å². The molecule has 1 aromatic heterocycles. The summed E-state index contributed by atoms with van der Waals surface area (Å²) in [6, 6.07) is 13.7. The van der Waals surface area contributed by atoms with Crippen LogP contribution in [-0.2, 0) is 6.61 Å². The van der Waals surface area contributed by atoms with Gasteiger partial charge in [0.05, 0.1) is 11.1 Å². The molecular formula is C21H20N2O3. The first-order chi connectivity index (χ1) is 12.6. The summed E-state index contributed by atoms with van der Waals surface area (Å²) in [6.07, 6.45) is 0. The average Bonchev–Trinajstić information content (AvgIpc) is 3.09. The minimum atomic E-state index is -0.172. The molecule has 0 saturated heterocycles. The van der Waals surface area contributed by atoms with Gasteiger partial charge in [-0.25, -0.2) is 0 Å². The molecule has 1 aliphatic heterocycles. The smallest absolute Gasteiger partial charge is 0.280 e. The summed E-state index contributed by atoms with van der Waals surface area (Å²) in [4.78, 5) is 15.0. The van der Waals surface area contributed by atoms with Gasteiger partial charge in [-0.2, -0.15) is 0 Å². The van der Waals surface area contributed by atoms with Crippen molar-refractivity contribution in [2.45, 2.75) is 27.4 Å². The van der Waals surface area contributed by atoms with Crippen LogP contribution in [0.1, 0.15) is 34.1 Å². The van der Waals surface area contributed by atoms with Crippen LogP contribution < -0.4 is 9.64 Å². The highest BCUT2D eigenvalue weighted by atomic mass is 16.5. The zero-order valence-corrected chi connectivity index (χ0v) is 15.1. The number of anilines is 1. The largest absolute Gasteiger partial charge is 0.488 e. The zero-order chi connectivity index (χ0) is 18.3. The van der Waals surface area contributed by atoms with Crippen molar-refractivity contribution in [3.8, 4) is 17.1 Å². The van der Waals surface area contributed by atoms with Gasteiger partial charge in [-0.1, -0.05) is 29.4 Å². The first-order valence-electron chi connectivity index (χ1n) is 8.70. The molecule has 5 heteroatoms. The fraction of sp³-hybridized carbons (Fsp3) is 0.238. The second-order valence-electron chi connectivity index (χ2n) is 6.46. The van der Waals surface area contributed by atoms with Gasteiger partial charge in [0.2, 0.25) is 0 Å². The number of carbonyl (C=O) groups is 1. The van der Waals surface area contributed by atoms with Gasteiger partial charge in [-0.3, -0.25) is 4.79 Å². The normalized spacial score (nSPS) is 12.1. The van der Waals surface area contributed by atoms with Crippen molar-refractivity contribution >= 4 is 11.6 Å². The summed E-state index contributed by atoms with van der Waals surface area (Å²) in [6.45, 7) is 6.80. The van der Waals surface area contributed by atoms with E-state index < -0.39 is 0 Å². The van der Waals surface area contributed by atoms with E-state index in [-0.39, 0.29) is 12.5 Å². The Morgan fingerprint density at radius 3 is 2.81 bits per heavy atom. The first kappa shape index (κ1) is 16.4. The number of para-hydroxylation sites is 1. The number of rotatable bonds is 3. The molecule has 2 heterocycles. The van der Waals surface area contributed by atoms with Crippen LogP contribution in [0.3, 0.4) is 0 Å². The lowest BCUT2D eigenvalue weighted by Crippen LogP contribution is -2.32. The van der Waals surface area contributed by atoms with E-state index in [1.807, 2.05) is 63.2 Å². The van der Waals surface area contributed by atoms with Gasteiger partial charge in [0.1, 0.15) is 12.4 Å². The third-order valence-corrected chi connectivity index (χ3v) is 4.71. The maximum atomic E-state index is 13.2. The van der Waals surface area contributed by atoms with E-state index >= 15 is 0 Å². The minimum absolute atomic E-state index is 0.172. The number of carbonyl (C=O) groups excluding carboxylic acids is 1. The fourth-order valence-corrected chi connectivity index (χ4v) is 3.31. The van der Waals surface area contributed by atoms with Gasteiger partial charge in [-0.15, -0.1) is 0 Å². The van der Waals surface area contributed by atoms with Crippen molar-refractivity contribution in [2.75, 3.05) is 11.4 Å². The molecule has 2 aromatic carbocycles. The van der Waals surface area contributed by atoms with Crippen molar-refractivity contribution in [2.24, 2.45) is 0 Å². The molecule has 0 spiro atoms. The molecule has 1 amide bonds. The maximum absolute atomic E-state index is 13.2. The number of aromatic nitrogens is 1. The highest BCUT2D eigenvalue weighted by Gasteiger charge is 2.31. The average molecular weight is 348 g/mol. The molecule has 0 N–H and O–H groups in total. The third kappa shape index (κ3) is 2.56. The van der Waals surface area contributed by atoms with Crippen molar-refractivity contribution < 1.29 is 14.1 Å². The summed E-state index contributed by atoms with van der Waals surface area (Å²) >= 11 is 0. The molecule has 0 radical (unpaired) electrons. The summed E-state index contributed by atoms with van der Waals surface area (Å²) < 4.78 is 11.3. The molecule has 4 rings (SSSR count). The molecule has 0 unspecified atom stereocenters. The van der Waals surface area contributed by atoms with Gasteiger partial charge in [0, 0.05) is 12.2 Å². The predicted molar refractivity (Wildman–Crippen MR) is 99.5 cm³/mol. The van der Waals surface area contributed by atoms with Gasteiger partial charge in [-0.05, 0) is 50.1 Å². The van der Waals surface area contributed by atoms with E-state index in [0.717, 1.165) is 28.1 Å². The standard InChI is InChI=1S/C21H20N2O3/c1-4-23(17-11-13(2)9-10-14(17)3)21(24)19-16-12-25-18-8-6-5-7-15(18)20(16)26-22-19/h5-11H,4,12H2,1-3H3. The second-order valence-corrected chi connectivity index (χ2v) is 6.46. The number of fused-ring (bicyclic) bond motifs is 3. The number of ether oxygens (including phenoxy) is 1. The Balaban J connectivity index is 1.76. The quantitative estimate of drug-likeness (QED) is 0.698. The van der Waals surface area contributed by atoms with Gasteiger partial charge in [0.25, 0.3) is 5.91 Å².